The zero-order chi connectivity index (χ0) is 15.2. The Hall–Kier alpha value is -2.07. The molecule has 1 unspecified atom stereocenters. The molecule has 1 N–H and O–H groups in total. The minimum Gasteiger partial charge on any atom is -0.496 e. The van der Waals surface area contributed by atoms with E-state index >= 15 is 0 Å². The molecule has 0 aliphatic carbocycles. The van der Waals surface area contributed by atoms with Gasteiger partial charge in [0.1, 0.15) is 17.3 Å². The fourth-order valence-electron chi connectivity index (χ4n) is 2.38. The van der Waals surface area contributed by atoms with Crippen molar-refractivity contribution in [1.29, 1.82) is 0 Å². The van der Waals surface area contributed by atoms with Crippen LogP contribution in [0, 0.1) is 5.82 Å². The molecular formula is C17H20FNO2. The fraction of sp³-hybridized carbons (Fsp3) is 0.294. The van der Waals surface area contributed by atoms with Crippen molar-refractivity contribution in [2.24, 2.45) is 0 Å². The Morgan fingerprint density at radius 2 is 2.00 bits per heavy atom. The molecule has 1 atom stereocenters. The van der Waals surface area contributed by atoms with Gasteiger partial charge in [0.25, 0.3) is 0 Å². The van der Waals surface area contributed by atoms with Gasteiger partial charge < -0.3 is 14.8 Å². The van der Waals surface area contributed by atoms with Gasteiger partial charge in [0.2, 0.25) is 0 Å². The summed E-state index contributed by atoms with van der Waals surface area (Å²) in [6.45, 7) is 2.55. The lowest BCUT2D eigenvalue weighted by Crippen LogP contribution is -2.18. The summed E-state index contributed by atoms with van der Waals surface area (Å²) in [4.78, 5) is 0. The summed E-state index contributed by atoms with van der Waals surface area (Å²) in [6, 6.07) is 12.1. The smallest absolute Gasteiger partial charge is 0.124 e. The van der Waals surface area contributed by atoms with Gasteiger partial charge in [-0.2, -0.15) is 0 Å². The van der Waals surface area contributed by atoms with Crippen molar-refractivity contribution in [1.82, 2.24) is 5.32 Å². The maximum atomic E-state index is 13.6. The summed E-state index contributed by atoms with van der Waals surface area (Å²) in [6.07, 6.45) is 0. The van der Waals surface area contributed by atoms with Crippen LogP contribution in [0.1, 0.15) is 24.1 Å². The normalized spacial score (nSPS) is 12.0. The van der Waals surface area contributed by atoms with E-state index in [0.29, 0.717) is 12.4 Å². The molecule has 0 saturated carbocycles. The Kier molecular flexibility index (Phi) is 5.17. The molecule has 0 aliphatic heterocycles. The molecule has 2 aromatic carbocycles. The number of methoxy groups -OCH3 is 1. The van der Waals surface area contributed by atoms with Crippen LogP contribution in [0.25, 0.3) is 0 Å². The third-order valence-corrected chi connectivity index (χ3v) is 3.29. The number of hydrogen-bond acceptors (Lipinski definition) is 3. The zero-order valence-corrected chi connectivity index (χ0v) is 12.5. The van der Waals surface area contributed by atoms with Gasteiger partial charge in [-0.1, -0.05) is 12.1 Å². The Morgan fingerprint density at radius 1 is 1.19 bits per heavy atom. The van der Waals surface area contributed by atoms with Crippen LogP contribution in [0.4, 0.5) is 4.39 Å². The SMILES string of the molecule is CCOc1cccc(C(NC)c2cc(F)ccc2OC)c1. The van der Waals surface area contributed by atoms with E-state index in [1.807, 2.05) is 38.2 Å². The van der Waals surface area contributed by atoms with E-state index < -0.39 is 0 Å². The van der Waals surface area contributed by atoms with Crippen LogP contribution in [-0.2, 0) is 0 Å². The molecule has 112 valence electrons. The molecule has 0 amide bonds. The predicted octanol–water partition coefficient (Wildman–Crippen LogP) is 3.54. The van der Waals surface area contributed by atoms with Crippen LogP contribution in [0.15, 0.2) is 42.5 Å². The molecule has 3 nitrogen and oxygen atoms in total. The van der Waals surface area contributed by atoms with Crippen molar-refractivity contribution in [2.45, 2.75) is 13.0 Å². The number of hydrogen-bond donors (Lipinski definition) is 1. The van der Waals surface area contributed by atoms with Gasteiger partial charge in [0, 0.05) is 5.56 Å². The first-order valence-corrected chi connectivity index (χ1v) is 6.93. The molecule has 2 aromatic rings. The zero-order valence-electron chi connectivity index (χ0n) is 12.5. The third kappa shape index (κ3) is 3.52. The summed E-state index contributed by atoms with van der Waals surface area (Å²) in [5.41, 5.74) is 1.75. The van der Waals surface area contributed by atoms with E-state index in [1.54, 1.807) is 13.2 Å². The molecular weight excluding hydrogens is 269 g/mol. The number of nitrogens with one attached hydrogen (secondary N) is 1. The summed E-state index contributed by atoms with van der Waals surface area (Å²) < 4.78 is 24.5. The van der Waals surface area contributed by atoms with Gasteiger partial charge in [-0.3, -0.25) is 0 Å². The number of benzene rings is 2. The summed E-state index contributed by atoms with van der Waals surface area (Å²) in [7, 11) is 3.42. The molecule has 0 aromatic heterocycles. The maximum absolute atomic E-state index is 13.6. The van der Waals surface area contributed by atoms with Gasteiger partial charge in [-0.05, 0) is 49.9 Å². The minimum absolute atomic E-state index is 0.170. The molecule has 0 spiro atoms. The van der Waals surface area contributed by atoms with Crippen molar-refractivity contribution in [3.8, 4) is 11.5 Å². The largest absolute Gasteiger partial charge is 0.496 e. The van der Waals surface area contributed by atoms with Crippen LogP contribution in [0.2, 0.25) is 0 Å². The van der Waals surface area contributed by atoms with Gasteiger partial charge in [-0.15, -0.1) is 0 Å². The van der Waals surface area contributed by atoms with E-state index in [2.05, 4.69) is 5.32 Å². The van der Waals surface area contributed by atoms with Gasteiger partial charge >= 0.3 is 0 Å². The molecule has 0 aliphatic rings. The molecule has 4 heteroatoms. The van der Waals surface area contributed by atoms with E-state index in [-0.39, 0.29) is 11.9 Å². The van der Waals surface area contributed by atoms with Crippen LogP contribution >= 0.6 is 0 Å². The average molecular weight is 289 g/mol. The molecule has 0 radical (unpaired) electrons. The third-order valence-electron chi connectivity index (χ3n) is 3.29. The van der Waals surface area contributed by atoms with Crippen LogP contribution in [-0.4, -0.2) is 20.8 Å². The highest BCUT2D eigenvalue weighted by Gasteiger charge is 2.18. The monoisotopic (exact) mass is 289 g/mol. The van der Waals surface area contributed by atoms with E-state index in [0.717, 1.165) is 16.9 Å². The molecule has 21 heavy (non-hydrogen) atoms. The van der Waals surface area contributed by atoms with Crippen molar-refractivity contribution in [3.05, 3.63) is 59.4 Å². The summed E-state index contributed by atoms with van der Waals surface area (Å²) in [5.74, 6) is 1.16. The lowest BCUT2D eigenvalue weighted by molar-refractivity contribution is 0.339. The molecule has 0 saturated heterocycles. The highest BCUT2D eigenvalue weighted by atomic mass is 19.1. The number of ether oxygens (including phenoxy) is 2. The topological polar surface area (TPSA) is 30.5 Å². The van der Waals surface area contributed by atoms with Crippen molar-refractivity contribution in [2.75, 3.05) is 20.8 Å². The van der Waals surface area contributed by atoms with Gasteiger partial charge in [0.05, 0.1) is 19.8 Å². The minimum atomic E-state index is -0.285. The van der Waals surface area contributed by atoms with E-state index in [9.17, 15) is 4.39 Å². The van der Waals surface area contributed by atoms with Gasteiger partial charge in [-0.25, -0.2) is 4.39 Å². The average Bonchev–Trinajstić information content (AvgIpc) is 2.49. The quantitative estimate of drug-likeness (QED) is 0.882. The van der Waals surface area contributed by atoms with E-state index in [4.69, 9.17) is 9.47 Å². The lowest BCUT2D eigenvalue weighted by atomic mass is 9.97. The Bertz CT molecular complexity index is 601. The molecule has 0 fully saturated rings. The molecule has 2 rings (SSSR count). The van der Waals surface area contributed by atoms with Crippen molar-refractivity contribution in [3.63, 3.8) is 0 Å². The summed E-state index contributed by atoms with van der Waals surface area (Å²) in [5, 5.41) is 3.20. The second-order valence-electron chi connectivity index (χ2n) is 4.61. The van der Waals surface area contributed by atoms with Crippen LogP contribution in [0.5, 0.6) is 11.5 Å². The first-order valence-electron chi connectivity index (χ1n) is 6.93. The van der Waals surface area contributed by atoms with Crippen LogP contribution < -0.4 is 14.8 Å². The maximum Gasteiger partial charge on any atom is 0.124 e. The van der Waals surface area contributed by atoms with Crippen LogP contribution in [0.3, 0.4) is 0 Å². The standard InChI is InChI=1S/C17H20FNO2/c1-4-21-14-7-5-6-12(10-14)17(19-2)15-11-13(18)8-9-16(15)20-3/h5-11,17,19H,4H2,1-3H3. The van der Waals surface area contributed by atoms with Crippen molar-refractivity contribution >= 4 is 0 Å². The fourth-order valence-corrected chi connectivity index (χ4v) is 2.38. The first-order chi connectivity index (χ1) is 10.2. The highest BCUT2D eigenvalue weighted by Crippen LogP contribution is 2.31. The Balaban J connectivity index is 2.44. The second-order valence-corrected chi connectivity index (χ2v) is 4.61. The second kappa shape index (κ2) is 7.09. The lowest BCUT2D eigenvalue weighted by Gasteiger charge is -2.20. The Morgan fingerprint density at radius 3 is 2.67 bits per heavy atom. The van der Waals surface area contributed by atoms with E-state index in [1.165, 1.54) is 12.1 Å². The number of rotatable bonds is 6. The molecule has 0 heterocycles. The Labute approximate surface area is 124 Å². The predicted molar refractivity (Wildman–Crippen MR) is 81.5 cm³/mol. The summed E-state index contributed by atoms with van der Waals surface area (Å²) >= 11 is 0. The van der Waals surface area contributed by atoms with Gasteiger partial charge in [0.15, 0.2) is 0 Å². The van der Waals surface area contributed by atoms with Crippen molar-refractivity contribution < 1.29 is 13.9 Å². The molecule has 0 bridgehead atoms. The highest BCUT2D eigenvalue weighted by molar-refractivity contribution is 5.43. The number of halogens is 1. The first kappa shape index (κ1) is 15.3.